The van der Waals surface area contributed by atoms with Crippen molar-refractivity contribution in [3.8, 4) is 0 Å². The Bertz CT molecular complexity index is 991. The lowest BCUT2D eigenvalue weighted by Crippen LogP contribution is -2.13. The molecule has 7 nitrogen and oxygen atoms in total. The molecule has 2 N–H and O–H groups in total. The van der Waals surface area contributed by atoms with Crippen LogP contribution in [-0.2, 0) is 10.0 Å². The minimum absolute atomic E-state index is 0.0349. The SMILES string of the molecule is Cc1cc2c(NS(=O)(=O)c3ccc([N+](=O)[O-])cc3)cccc2[nH]1. The second kappa shape index (κ2) is 5.40. The molecule has 0 aliphatic heterocycles. The lowest BCUT2D eigenvalue weighted by molar-refractivity contribution is -0.384. The number of rotatable bonds is 4. The van der Waals surface area contributed by atoms with Crippen LogP contribution >= 0.6 is 0 Å². The number of aryl methyl sites for hydroxylation is 1. The van der Waals surface area contributed by atoms with E-state index in [-0.39, 0.29) is 10.6 Å². The highest BCUT2D eigenvalue weighted by molar-refractivity contribution is 7.92. The summed E-state index contributed by atoms with van der Waals surface area (Å²) >= 11 is 0. The number of non-ortho nitro benzene ring substituents is 1. The predicted molar refractivity (Wildman–Crippen MR) is 86.9 cm³/mol. The first-order valence-corrected chi connectivity index (χ1v) is 8.21. The van der Waals surface area contributed by atoms with Gasteiger partial charge in [0.1, 0.15) is 0 Å². The minimum atomic E-state index is -3.82. The average molecular weight is 331 g/mol. The third kappa shape index (κ3) is 2.88. The molecule has 0 saturated carbocycles. The van der Waals surface area contributed by atoms with E-state index in [0.717, 1.165) is 28.7 Å². The Labute approximate surface area is 132 Å². The topological polar surface area (TPSA) is 105 Å². The number of nitro benzene ring substituents is 1. The van der Waals surface area contributed by atoms with Crippen LogP contribution in [0.25, 0.3) is 10.9 Å². The fourth-order valence-corrected chi connectivity index (χ4v) is 3.41. The van der Waals surface area contributed by atoms with E-state index in [1.54, 1.807) is 12.1 Å². The van der Waals surface area contributed by atoms with E-state index in [4.69, 9.17) is 0 Å². The molecule has 0 aliphatic carbocycles. The minimum Gasteiger partial charge on any atom is -0.359 e. The van der Waals surface area contributed by atoms with Gasteiger partial charge in [-0.3, -0.25) is 14.8 Å². The predicted octanol–water partition coefficient (Wildman–Crippen LogP) is 3.19. The zero-order chi connectivity index (χ0) is 16.6. The molecular weight excluding hydrogens is 318 g/mol. The van der Waals surface area contributed by atoms with Crippen LogP contribution in [0, 0.1) is 17.0 Å². The number of hydrogen-bond donors (Lipinski definition) is 2. The molecule has 0 unspecified atom stereocenters. The van der Waals surface area contributed by atoms with Crippen LogP contribution in [-0.4, -0.2) is 18.3 Å². The molecule has 1 aromatic heterocycles. The number of hydrogen-bond acceptors (Lipinski definition) is 4. The Balaban J connectivity index is 1.98. The molecule has 0 saturated heterocycles. The van der Waals surface area contributed by atoms with Gasteiger partial charge in [0.15, 0.2) is 0 Å². The van der Waals surface area contributed by atoms with Crippen molar-refractivity contribution in [2.45, 2.75) is 11.8 Å². The molecule has 0 amide bonds. The molecule has 23 heavy (non-hydrogen) atoms. The van der Waals surface area contributed by atoms with Gasteiger partial charge in [0.2, 0.25) is 0 Å². The summed E-state index contributed by atoms with van der Waals surface area (Å²) in [6.07, 6.45) is 0. The van der Waals surface area contributed by atoms with Gasteiger partial charge in [-0.2, -0.15) is 0 Å². The summed E-state index contributed by atoms with van der Waals surface area (Å²) < 4.78 is 27.4. The van der Waals surface area contributed by atoms with Gasteiger partial charge >= 0.3 is 0 Å². The third-order valence-corrected chi connectivity index (χ3v) is 4.78. The molecule has 1 heterocycles. The number of fused-ring (bicyclic) bond motifs is 1. The molecule has 118 valence electrons. The summed E-state index contributed by atoms with van der Waals surface area (Å²) in [6.45, 7) is 1.88. The van der Waals surface area contributed by atoms with E-state index in [9.17, 15) is 18.5 Å². The fraction of sp³-hybridized carbons (Fsp3) is 0.0667. The maximum atomic E-state index is 12.4. The molecule has 0 atom stereocenters. The van der Waals surface area contributed by atoms with Gasteiger partial charge in [-0.1, -0.05) is 6.07 Å². The number of aromatic amines is 1. The van der Waals surface area contributed by atoms with E-state index in [2.05, 4.69) is 9.71 Å². The first kappa shape index (κ1) is 15.0. The maximum Gasteiger partial charge on any atom is 0.269 e. The van der Waals surface area contributed by atoms with Crippen molar-refractivity contribution in [2.24, 2.45) is 0 Å². The second-order valence-electron chi connectivity index (χ2n) is 5.08. The fourth-order valence-electron chi connectivity index (χ4n) is 2.33. The van der Waals surface area contributed by atoms with E-state index in [0.29, 0.717) is 5.69 Å². The maximum absolute atomic E-state index is 12.4. The molecule has 0 spiro atoms. The first-order valence-electron chi connectivity index (χ1n) is 6.72. The molecule has 8 heteroatoms. The van der Waals surface area contributed by atoms with Gasteiger partial charge in [-0.15, -0.1) is 0 Å². The van der Waals surface area contributed by atoms with E-state index >= 15 is 0 Å². The zero-order valence-corrected chi connectivity index (χ0v) is 12.9. The number of nitrogens with one attached hydrogen (secondary N) is 2. The van der Waals surface area contributed by atoms with Crippen LogP contribution in [0.15, 0.2) is 53.4 Å². The number of H-pyrrole nitrogens is 1. The summed E-state index contributed by atoms with van der Waals surface area (Å²) in [5.74, 6) is 0. The van der Waals surface area contributed by atoms with E-state index in [1.165, 1.54) is 12.1 Å². The van der Waals surface area contributed by atoms with Crippen molar-refractivity contribution in [3.63, 3.8) is 0 Å². The van der Waals surface area contributed by atoms with Gasteiger partial charge < -0.3 is 4.98 Å². The molecular formula is C15H13N3O4S. The van der Waals surface area contributed by atoms with Crippen molar-refractivity contribution in [2.75, 3.05) is 4.72 Å². The van der Waals surface area contributed by atoms with Crippen LogP contribution in [0.4, 0.5) is 11.4 Å². The van der Waals surface area contributed by atoms with Crippen molar-refractivity contribution < 1.29 is 13.3 Å². The van der Waals surface area contributed by atoms with Crippen LogP contribution in [0.2, 0.25) is 0 Å². The first-order chi connectivity index (χ1) is 10.9. The average Bonchev–Trinajstić information content (AvgIpc) is 2.88. The molecule has 0 fully saturated rings. The Hall–Kier alpha value is -2.87. The van der Waals surface area contributed by atoms with Gasteiger partial charge in [-0.25, -0.2) is 8.42 Å². The number of aromatic nitrogens is 1. The number of benzene rings is 2. The van der Waals surface area contributed by atoms with Gasteiger partial charge in [0.25, 0.3) is 15.7 Å². The van der Waals surface area contributed by atoms with Crippen molar-refractivity contribution in [1.29, 1.82) is 0 Å². The standard InChI is InChI=1S/C15H13N3O4S/c1-10-9-13-14(16-10)3-2-4-15(13)17-23(21,22)12-7-5-11(6-8-12)18(19)20/h2-9,16-17H,1H3. The van der Waals surface area contributed by atoms with Gasteiger partial charge in [0.05, 0.1) is 15.5 Å². The number of sulfonamides is 1. The molecule has 3 rings (SSSR count). The lowest BCUT2D eigenvalue weighted by Gasteiger charge is -2.09. The van der Waals surface area contributed by atoms with Crippen LogP contribution in [0.1, 0.15) is 5.69 Å². The van der Waals surface area contributed by atoms with E-state index in [1.807, 2.05) is 19.1 Å². The van der Waals surface area contributed by atoms with Crippen LogP contribution in [0.3, 0.4) is 0 Å². The molecule has 3 aromatic rings. The summed E-state index contributed by atoms with van der Waals surface area (Å²) in [4.78, 5) is 13.2. The number of nitrogens with zero attached hydrogens (tertiary/aromatic N) is 1. The molecule has 0 bridgehead atoms. The quantitative estimate of drug-likeness (QED) is 0.565. The highest BCUT2D eigenvalue weighted by atomic mass is 32.2. The van der Waals surface area contributed by atoms with Crippen molar-refractivity contribution in [3.05, 3.63) is 64.3 Å². The Morgan fingerprint density at radius 1 is 1.13 bits per heavy atom. The second-order valence-corrected chi connectivity index (χ2v) is 6.76. The van der Waals surface area contributed by atoms with Gasteiger partial charge in [-0.05, 0) is 37.3 Å². The Morgan fingerprint density at radius 3 is 2.48 bits per heavy atom. The molecule has 2 aromatic carbocycles. The summed E-state index contributed by atoms with van der Waals surface area (Å²) in [7, 11) is -3.82. The zero-order valence-electron chi connectivity index (χ0n) is 12.1. The highest BCUT2D eigenvalue weighted by Crippen LogP contribution is 2.26. The van der Waals surface area contributed by atoms with Crippen molar-refractivity contribution >= 4 is 32.3 Å². The largest absolute Gasteiger partial charge is 0.359 e. The molecule has 0 radical (unpaired) electrons. The summed E-state index contributed by atoms with van der Waals surface area (Å²) in [5, 5.41) is 11.4. The number of nitro groups is 1. The van der Waals surface area contributed by atoms with Gasteiger partial charge in [0, 0.05) is 28.7 Å². The molecule has 0 aliphatic rings. The summed E-state index contributed by atoms with van der Waals surface area (Å²) in [5.41, 5.74) is 2.03. The normalized spacial score (nSPS) is 11.5. The van der Waals surface area contributed by atoms with Crippen LogP contribution in [0.5, 0.6) is 0 Å². The van der Waals surface area contributed by atoms with E-state index < -0.39 is 14.9 Å². The van der Waals surface area contributed by atoms with Crippen LogP contribution < -0.4 is 4.72 Å². The Kier molecular flexibility index (Phi) is 3.53. The highest BCUT2D eigenvalue weighted by Gasteiger charge is 2.17. The lowest BCUT2D eigenvalue weighted by atomic mass is 10.2. The monoisotopic (exact) mass is 331 g/mol. The summed E-state index contributed by atoms with van der Waals surface area (Å²) in [6, 6.07) is 11.9. The third-order valence-electron chi connectivity index (χ3n) is 3.40. The smallest absolute Gasteiger partial charge is 0.269 e. The Morgan fingerprint density at radius 2 is 1.83 bits per heavy atom. The van der Waals surface area contributed by atoms with Crippen molar-refractivity contribution in [1.82, 2.24) is 4.98 Å². The number of anilines is 1.